The first kappa shape index (κ1) is 17.9. The van der Waals surface area contributed by atoms with Gasteiger partial charge in [-0.1, -0.05) is 47.5 Å². The number of amides is 1. The van der Waals surface area contributed by atoms with Crippen molar-refractivity contribution in [1.29, 1.82) is 0 Å². The van der Waals surface area contributed by atoms with Gasteiger partial charge >= 0.3 is 0 Å². The fourth-order valence-corrected chi connectivity index (χ4v) is 2.68. The van der Waals surface area contributed by atoms with Crippen molar-refractivity contribution < 1.29 is 4.79 Å². The number of halogens is 1. The number of aromatic nitrogens is 2. The van der Waals surface area contributed by atoms with Crippen molar-refractivity contribution in [2.45, 2.75) is 20.4 Å². The molecule has 1 heterocycles. The summed E-state index contributed by atoms with van der Waals surface area (Å²) in [5.74, 6) is 0.0957. The minimum Gasteiger partial charge on any atom is -0.347 e. The van der Waals surface area contributed by atoms with Crippen LogP contribution in [0.2, 0.25) is 5.02 Å². The molecule has 0 fully saturated rings. The molecule has 3 rings (SSSR count). The number of benzene rings is 2. The number of aryl methyl sites for hydroxylation is 1. The van der Waals surface area contributed by atoms with Gasteiger partial charge < -0.3 is 10.6 Å². The third-order valence-corrected chi connectivity index (χ3v) is 4.35. The molecule has 132 valence electrons. The van der Waals surface area contributed by atoms with Crippen LogP contribution in [0.15, 0.2) is 54.7 Å². The Labute approximate surface area is 157 Å². The van der Waals surface area contributed by atoms with Crippen LogP contribution < -0.4 is 10.6 Å². The zero-order chi connectivity index (χ0) is 18.5. The molecule has 26 heavy (non-hydrogen) atoms. The Morgan fingerprint density at radius 2 is 1.92 bits per heavy atom. The number of anilines is 2. The van der Waals surface area contributed by atoms with Crippen molar-refractivity contribution >= 4 is 29.1 Å². The number of rotatable bonds is 5. The molecular formula is C20H19ClN4O. The van der Waals surface area contributed by atoms with E-state index in [1.54, 1.807) is 12.3 Å². The van der Waals surface area contributed by atoms with Gasteiger partial charge in [0.1, 0.15) is 5.69 Å². The summed E-state index contributed by atoms with van der Waals surface area (Å²) in [4.78, 5) is 20.8. The first-order chi connectivity index (χ1) is 12.5. The third-order valence-electron chi connectivity index (χ3n) is 3.94. The van der Waals surface area contributed by atoms with Gasteiger partial charge in [0.15, 0.2) is 0 Å². The molecule has 0 saturated carbocycles. The van der Waals surface area contributed by atoms with Crippen molar-refractivity contribution in [2.75, 3.05) is 5.32 Å². The summed E-state index contributed by atoms with van der Waals surface area (Å²) in [7, 11) is 0. The van der Waals surface area contributed by atoms with E-state index in [0.717, 1.165) is 22.4 Å². The summed E-state index contributed by atoms with van der Waals surface area (Å²) in [6.45, 7) is 4.37. The van der Waals surface area contributed by atoms with E-state index in [4.69, 9.17) is 11.6 Å². The van der Waals surface area contributed by atoms with Gasteiger partial charge in [0.05, 0.1) is 0 Å². The number of carbonyl (C=O) groups is 1. The fourth-order valence-electron chi connectivity index (χ4n) is 2.50. The van der Waals surface area contributed by atoms with Gasteiger partial charge in [-0.3, -0.25) is 4.79 Å². The molecule has 6 heteroatoms. The quantitative estimate of drug-likeness (QED) is 0.701. The van der Waals surface area contributed by atoms with Crippen LogP contribution in [0.25, 0.3) is 0 Å². The van der Waals surface area contributed by atoms with Crippen LogP contribution in [0, 0.1) is 13.8 Å². The Morgan fingerprint density at radius 3 is 2.73 bits per heavy atom. The molecule has 1 aromatic heterocycles. The first-order valence-corrected chi connectivity index (χ1v) is 8.59. The lowest BCUT2D eigenvalue weighted by Gasteiger charge is -2.10. The Balaban J connectivity index is 1.70. The normalized spacial score (nSPS) is 10.4. The second-order valence-electron chi connectivity index (χ2n) is 5.97. The maximum absolute atomic E-state index is 12.4. The average molecular weight is 367 g/mol. The summed E-state index contributed by atoms with van der Waals surface area (Å²) in [5, 5.41) is 6.63. The number of nitrogens with zero attached hydrogens (tertiary/aromatic N) is 2. The van der Waals surface area contributed by atoms with Gasteiger partial charge in [0.25, 0.3) is 5.91 Å². The fraction of sp³-hybridized carbons (Fsp3) is 0.150. The minimum absolute atomic E-state index is 0.250. The Morgan fingerprint density at radius 1 is 1.12 bits per heavy atom. The molecule has 0 unspecified atom stereocenters. The van der Waals surface area contributed by atoms with Crippen LogP contribution >= 0.6 is 11.6 Å². The van der Waals surface area contributed by atoms with E-state index < -0.39 is 0 Å². The lowest BCUT2D eigenvalue weighted by atomic mass is 10.1. The highest BCUT2D eigenvalue weighted by Gasteiger charge is 2.10. The number of carbonyl (C=O) groups excluding carboxylic acids is 1. The average Bonchev–Trinajstić information content (AvgIpc) is 2.64. The van der Waals surface area contributed by atoms with Gasteiger partial charge in [-0.15, -0.1) is 0 Å². The SMILES string of the molecule is Cc1cccc(CNC(=O)c2ccnc(Nc3cccc(Cl)c3C)n2)c1. The van der Waals surface area contributed by atoms with Crippen molar-refractivity contribution in [3.05, 3.63) is 82.1 Å². The van der Waals surface area contributed by atoms with E-state index >= 15 is 0 Å². The first-order valence-electron chi connectivity index (χ1n) is 8.22. The molecule has 1 amide bonds. The molecule has 3 aromatic rings. The van der Waals surface area contributed by atoms with Crippen molar-refractivity contribution in [3.63, 3.8) is 0 Å². The predicted molar refractivity (Wildman–Crippen MR) is 104 cm³/mol. The van der Waals surface area contributed by atoms with Crippen LogP contribution in [-0.2, 0) is 6.54 Å². The molecule has 0 aliphatic heterocycles. The maximum Gasteiger partial charge on any atom is 0.270 e. The van der Waals surface area contributed by atoms with Crippen LogP contribution in [0.3, 0.4) is 0 Å². The predicted octanol–water partition coefficient (Wildman–Crippen LogP) is 4.42. The lowest BCUT2D eigenvalue weighted by molar-refractivity contribution is 0.0946. The number of hydrogen-bond acceptors (Lipinski definition) is 4. The molecule has 2 N–H and O–H groups in total. The summed E-state index contributed by atoms with van der Waals surface area (Å²) in [5.41, 5.74) is 4.19. The van der Waals surface area contributed by atoms with E-state index in [1.807, 2.05) is 56.3 Å². The van der Waals surface area contributed by atoms with Gasteiger partial charge in [0, 0.05) is 23.5 Å². The van der Waals surface area contributed by atoms with E-state index in [1.165, 1.54) is 0 Å². The lowest BCUT2D eigenvalue weighted by Crippen LogP contribution is -2.24. The topological polar surface area (TPSA) is 66.9 Å². The zero-order valence-corrected chi connectivity index (χ0v) is 15.3. The molecule has 0 atom stereocenters. The van der Waals surface area contributed by atoms with E-state index in [-0.39, 0.29) is 5.91 Å². The molecular weight excluding hydrogens is 348 g/mol. The van der Waals surface area contributed by atoms with Crippen molar-refractivity contribution in [1.82, 2.24) is 15.3 Å². The van der Waals surface area contributed by atoms with Crippen LogP contribution in [0.4, 0.5) is 11.6 Å². The highest BCUT2D eigenvalue weighted by atomic mass is 35.5. The maximum atomic E-state index is 12.4. The van der Waals surface area contributed by atoms with Crippen LogP contribution in [0.1, 0.15) is 27.2 Å². The molecule has 2 aromatic carbocycles. The van der Waals surface area contributed by atoms with Crippen molar-refractivity contribution in [3.8, 4) is 0 Å². The number of hydrogen-bond donors (Lipinski definition) is 2. The van der Waals surface area contributed by atoms with E-state index in [9.17, 15) is 4.79 Å². The zero-order valence-electron chi connectivity index (χ0n) is 14.6. The highest BCUT2D eigenvalue weighted by Crippen LogP contribution is 2.24. The van der Waals surface area contributed by atoms with Crippen molar-refractivity contribution in [2.24, 2.45) is 0 Å². The molecule has 0 bridgehead atoms. The third kappa shape index (κ3) is 4.37. The van der Waals surface area contributed by atoms with Gasteiger partial charge in [-0.25, -0.2) is 9.97 Å². The van der Waals surface area contributed by atoms with E-state index in [0.29, 0.717) is 23.2 Å². The minimum atomic E-state index is -0.250. The Bertz CT molecular complexity index is 943. The molecule has 0 radical (unpaired) electrons. The van der Waals surface area contributed by atoms with Gasteiger partial charge in [-0.2, -0.15) is 0 Å². The summed E-state index contributed by atoms with van der Waals surface area (Å²) < 4.78 is 0. The monoisotopic (exact) mass is 366 g/mol. The second-order valence-corrected chi connectivity index (χ2v) is 6.38. The molecule has 0 aliphatic carbocycles. The molecule has 0 saturated heterocycles. The standard InChI is InChI=1S/C20H19ClN4O/c1-13-5-3-6-15(11-13)12-23-19(26)18-9-10-22-20(25-18)24-17-8-4-7-16(21)14(17)2/h3-11H,12H2,1-2H3,(H,23,26)(H,22,24,25). The van der Waals surface area contributed by atoms with E-state index in [2.05, 4.69) is 20.6 Å². The van der Waals surface area contributed by atoms with Gasteiger partial charge in [0.2, 0.25) is 5.95 Å². The van der Waals surface area contributed by atoms with Gasteiger partial charge in [-0.05, 0) is 43.2 Å². The molecule has 5 nitrogen and oxygen atoms in total. The number of nitrogens with one attached hydrogen (secondary N) is 2. The summed E-state index contributed by atoms with van der Waals surface area (Å²) in [6, 6.07) is 15.1. The largest absolute Gasteiger partial charge is 0.347 e. The second kappa shape index (κ2) is 7.97. The Hall–Kier alpha value is -2.92. The highest BCUT2D eigenvalue weighted by molar-refractivity contribution is 6.31. The molecule has 0 aliphatic rings. The van der Waals surface area contributed by atoms with Crippen LogP contribution in [0.5, 0.6) is 0 Å². The Kier molecular flexibility index (Phi) is 5.49. The van der Waals surface area contributed by atoms with Crippen LogP contribution in [-0.4, -0.2) is 15.9 Å². The smallest absolute Gasteiger partial charge is 0.270 e. The summed E-state index contributed by atoms with van der Waals surface area (Å²) >= 11 is 6.13. The summed E-state index contributed by atoms with van der Waals surface area (Å²) in [6.07, 6.45) is 1.55. The molecule has 0 spiro atoms.